The molecule has 1 aromatic carbocycles. The summed E-state index contributed by atoms with van der Waals surface area (Å²) in [5.74, 6) is -0.690. The summed E-state index contributed by atoms with van der Waals surface area (Å²) in [7, 11) is 0. The van der Waals surface area contributed by atoms with Crippen LogP contribution in [0.3, 0.4) is 0 Å². The Balaban J connectivity index is 2.43. The van der Waals surface area contributed by atoms with Crippen LogP contribution in [0, 0.1) is 16.0 Å². The van der Waals surface area contributed by atoms with Crippen LogP contribution in [0.2, 0.25) is 0 Å². The van der Waals surface area contributed by atoms with Crippen LogP contribution in [0.4, 0.5) is 5.69 Å². The fraction of sp³-hybridized carbons (Fsp3) is 0.286. The summed E-state index contributed by atoms with van der Waals surface area (Å²) in [5.41, 5.74) is 0.620. The van der Waals surface area contributed by atoms with Crippen LogP contribution < -0.4 is 4.74 Å². The Morgan fingerprint density at radius 1 is 1.52 bits per heavy atom. The van der Waals surface area contributed by atoms with Crippen LogP contribution in [0.25, 0.3) is 11.3 Å². The number of nitro benzene ring substituents is 1. The quantitative estimate of drug-likeness (QED) is 0.575. The number of hydrogen-bond acceptors (Lipinski definition) is 6. The van der Waals surface area contributed by atoms with E-state index < -0.39 is 10.9 Å². The molecular formula is C14H13BrN2O5S. The molecule has 0 bridgehead atoms. The number of hydrogen-bond donors (Lipinski definition) is 1. The molecule has 7 nitrogen and oxygen atoms in total. The van der Waals surface area contributed by atoms with Gasteiger partial charge in [0.1, 0.15) is 4.88 Å². The number of aromatic nitrogens is 1. The topological polar surface area (TPSA) is 103 Å². The highest BCUT2D eigenvalue weighted by Gasteiger charge is 2.22. The monoisotopic (exact) mass is 400 g/mol. The molecule has 23 heavy (non-hydrogen) atoms. The molecule has 0 aliphatic carbocycles. The Morgan fingerprint density at radius 2 is 2.22 bits per heavy atom. The number of benzene rings is 1. The lowest BCUT2D eigenvalue weighted by atomic mass is 10.1. The summed E-state index contributed by atoms with van der Waals surface area (Å²) in [4.78, 5) is 21.8. The standard InChI is InChI=1S/C14H13BrN2O5S/c1-7(2)6-22-10-4-3-8(5-9(10)17(20)21)12-11(15)13(14(18)19)23-16-12/h3-5,7H,6H2,1-2H3,(H,18,19). The Labute approximate surface area is 144 Å². The lowest BCUT2D eigenvalue weighted by Crippen LogP contribution is -2.06. The molecule has 0 saturated carbocycles. The number of aromatic carboxylic acids is 1. The van der Waals surface area contributed by atoms with Gasteiger partial charge in [-0.05, 0) is 45.5 Å². The Hall–Kier alpha value is -2.00. The summed E-state index contributed by atoms with van der Waals surface area (Å²) in [6.45, 7) is 4.25. The highest BCUT2D eigenvalue weighted by Crippen LogP contribution is 2.37. The molecular weight excluding hydrogens is 388 g/mol. The van der Waals surface area contributed by atoms with Gasteiger partial charge in [-0.15, -0.1) is 0 Å². The van der Waals surface area contributed by atoms with Crippen LogP contribution >= 0.6 is 27.5 Å². The highest BCUT2D eigenvalue weighted by atomic mass is 79.9. The van der Waals surface area contributed by atoms with E-state index in [0.29, 0.717) is 22.3 Å². The van der Waals surface area contributed by atoms with Crippen molar-refractivity contribution in [1.82, 2.24) is 4.37 Å². The van der Waals surface area contributed by atoms with E-state index in [0.717, 1.165) is 11.5 Å². The fourth-order valence-corrected chi connectivity index (χ4v) is 3.23. The first-order valence-corrected chi connectivity index (χ1v) is 8.18. The molecule has 0 fully saturated rings. The molecule has 0 saturated heterocycles. The maximum atomic E-state index is 11.3. The van der Waals surface area contributed by atoms with Crippen molar-refractivity contribution < 1.29 is 19.6 Å². The molecule has 0 aliphatic heterocycles. The van der Waals surface area contributed by atoms with Gasteiger partial charge in [0.05, 0.1) is 21.7 Å². The van der Waals surface area contributed by atoms with Crippen molar-refractivity contribution in [3.63, 3.8) is 0 Å². The third-order valence-electron chi connectivity index (χ3n) is 2.83. The van der Waals surface area contributed by atoms with Crippen LogP contribution in [0.5, 0.6) is 5.75 Å². The largest absolute Gasteiger partial charge is 0.487 e. The number of ether oxygens (including phenoxy) is 1. The van der Waals surface area contributed by atoms with Crippen LogP contribution in [0.1, 0.15) is 23.5 Å². The van der Waals surface area contributed by atoms with Gasteiger partial charge < -0.3 is 9.84 Å². The minimum absolute atomic E-state index is 0.0442. The third-order valence-corrected chi connectivity index (χ3v) is 4.70. The summed E-state index contributed by atoms with van der Waals surface area (Å²) >= 11 is 4.00. The summed E-state index contributed by atoms with van der Waals surface area (Å²) in [5, 5.41) is 20.3. The first-order valence-electron chi connectivity index (χ1n) is 6.61. The number of carboxylic acid groups (broad SMARTS) is 1. The van der Waals surface area contributed by atoms with Crippen molar-refractivity contribution in [3.05, 3.63) is 37.7 Å². The van der Waals surface area contributed by atoms with Crippen molar-refractivity contribution >= 4 is 39.1 Å². The zero-order valence-corrected chi connectivity index (χ0v) is 14.7. The minimum Gasteiger partial charge on any atom is -0.487 e. The molecule has 9 heteroatoms. The molecule has 0 unspecified atom stereocenters. The lowest BCUT2D eigenvalue weighted by molar-refractivity contribution is -0.385. The van der Waals surface area contributed by atoms with Gasteiger partial charge in [0, 0.05) is 11.6 Å². The minimum atomic E-state index is -1.10. The van der Waals surface area contributed by atoms with Gasteiger partial charge >= 0.3 is 11.7 Å². The second kappa shape index (κ2) is 7.05. The second-order valence-electron chi connectivity index (χ2n) is 5.12. The van der Waals surface area contributed by atoms with Gasteiger partial charge in [0.2, 0.25) is 0 Å². The molecule has 0 radical (unpaired) electrons. The van der Waals surface area contributed by atoms with Crippen molar-refractivity contribution in [2.45, 2.75) is 13.8 Å². The van der Waals surface area contributed by atoms with Crippen molar-refractivity contribution in [2.24, 2.45) is 5.92 Å². The molecule has 0 spiro atoms. The third kappa shape index (κ3) is 3.85. The summed E-state index contributed by atoms with van der Waals surface area (Å²) in [6, 6.07) is 4.46. The summed E-state index contributed by atoms with van der Waals surface area (Å²) < 4.78 is 9.83. The number of carbonyl (C=O) groups is 1. The van der Waals surface area contributed by atoms with Crippen molar-refractivity contribution in [1.29, 1.82) is 0 Å². The molecule has 1 heterocycles. The molecule has 1 N–H and O–H groups in total. The molecule has 2 rings (SSSR count). The number of nitro groups is 1. The number of nitrogens with zero attached hydrogens (tertiary/aromatic N) is 2. The van der Waals surface area contributed by atoms with Gasteiger partial charge in [-0.3, -0.25) is 10.1 Å². The number of rotatable bonds is 6. The van der Waals surface area contributed by atoms with E-state index in [1.807, 2.05) is 13.8 Å². The zero-order chi connectivity index (χ0) is 17.1. The zero-order valence-electron chi connectivity index (χ0n) is 12.3. The lowest BCUT2D eigenvalue weighted by Gasteiger charge is -2.09. The van der Waals surface area contributed by atoms with E-state index in [9.17, 15) is 14.9 Å². The molecule has 122 valence electrons. The first kappa shape index (κ1) is 17.4. The predicted molar refractivity (Wildman–Crippen MR) is 89.2 cm³/mol. The second-order valence-corrected chi connectivity index (χ2v) is 6.69. The van der Waals surface area contributed by atoms with Gasteiger partial charge in [-0.25, -0.2) is 4.79 Å². The maximum absolute atomic E-state index is 11.3. The average Bonchev–Trinajstić information content (AvgIpc) is 2.86. The van der Waals surface area contributed by atoms with Gasteiger partial charge in [-0.1, -0.05) is 13.8 Å². The van der Waals surface area contributed by atoms with Crippen LogP contribution in [-0.2, 0) is 0 Å². The van der Waals surface area contributed by atoms with Gasteiger partial charge in [0.15, 0.2) is 5.75 Å². The number of halogens is 1. The van der Waals surface area contributed by atoms with Crippen LogP contribution in [-0.4, -0.2) is 27.0 Å². The maximum Gasteiger partial charge on any atom is 0.348 e. The van der Waals surface area contributed by atoms with E-state index in [2.05, 4.69) is 20.3 Å². The van der Waals surface area contributed by atoms with E-state index in [1.165, 1.54) is 12.1 Å². The van der Waals surface area contributed by atoms with Gasteiger partial charge in [-0.2, -0.15) is 4.37 Å². The molecule has 2 aromatic rings. The number of carboxylic acids is 1. The SMILES string of the molecule is CC(C)COc1ccc(-c2nsc(C(=O)O)c2Br)cc1[N+](=O)[O-]. The smallest absolute Gasteiger partial charge is 0.348 e. The summed E-state index contributed by atoms with van der Waals surface area (Å²) in [6.07, 6.45) is 0. The Kier molecular flexibility index (Phi) is 5.32. The Morgan fingerprint density at radius 3 is 2.74 bits per heavy atom. The predicted octanol–water partition coefficient (Wildman–Crippen LogP) is 4.21. The molecule has 0 amide bonds. The van der Waals surface area contributed by atoms with E-state index in [4.69, 9.17) is 9.84 Å². The molecule has 1 aromatic heterocycles. The van der Waals surface area contributed by atoms with Crippen LogP contribution in [0.15, 0.2) is 22.7 Å². The van der Waals surface area contributed by atoms with E-state index in [-0.39, 0.29) is 22.2 Å². The van der Waals surface area contributed by atoms with Crippen molar-refractivity contribution in [2.75, 3.05) is 6.61 Å². The molecule has 0 atom stereocenters. The highest BCUT2D eigenvalue weighted by molar-refractivity contribution is 9.10. The first-order chi connectivity index (χ1) is 10.8. The van der Waals surface area contributed by atoms with Crippen molar-refractivity contribution in [3.8, 4) is 17.0 Å². The van der Waals surface area contributed by atoms with Gasteiger partial charge in [0.25, 0.3) is 0 Å². The fourth-order valence-electron chi connectivity index (χ4n) is 1.78. The van der Waals surface area contributed by atoms with E-state index in [1.54, 1.807) is 6.07 Å². The normalized spacial score (nSPS) is 10.8. The Bertz CT molecular complexity index is 760. The average molecular weight is 401 g/mol. The van der Waals surface area contributed by atoms with E-state index >= 15 is 0 Å². The molecule has 0 aliphatic rings.